The average Bonchev–Trinajstić information content (AvgIpc) is 3.06. The van der Waals surface area contributed by atoms with Crippen molar-refractivity contribution in [3.8, 4) is 0 Å². The van der Waals surface area contributed by atoms with E-state index in [1.807, 2.05) is 55.5 Å². The Labute approximate surface area is 144 Å². The van der Waals surface area contributed by atoms with Crippen LogP contribution in [0.4, 0.5) is 0 Å². The summed E-state index contributed by atoms with van der Waals surface area (Å²) in [4.78, 5) is 12.2. The summed E-state index contributed by atoms with van der Waals surface area (Å²) in [5.41, 5.74) is 1.87. The summed E-state index contributed by atoms with van der Waals surface area (Å²) in [6.45, 7) is 1.90. The van der Waals surface area contributed by atoms with Crippen molar-refractivity contribution in [1.29, 1.82) is 0 Å². The molecule has 2 aromatic carbocycles. The minimum Gasteiger partial charge on any atom is -0.417 e. The molecule has 1 aromatic heterocycles. The van der Waals surface area contributed by atoms with Crippen LogP contribution in [-0.4, -0.2) is 16.1 Å². The van der Waals surface area contributed by atoms with E-state index in [-0.39, 0.29) is 11.9 Å². The van der Waals surface area contributed by atoms with Gasteiger partial charge in [0.2, 0.25) is 5.89 Å². The minimum atomic E-state index is -0.399. The highest BCUT2D eigenvalue weighted by atomic mass is 35.5. The molecule has 0 spiro atoms. The highest BCUT2D eigenvalue weighted by molar-refractivity contribution is 6.31. The Morgan fingerprint density at radius 2 is 1.83 bits per heavy atom. The Morgan fingerprint density at radius 1 is 1.12 bits per heavy atom. The lowest BCUT2D eigenvalue weighted by molar-refractivity contribution is 0.0903. The number of carbonyl (C=O) groups is 1. The Balaban J connectivity index is 1.67. The van der Waals surface area contributed by atoms with Crippen molar-refractivity contribution in [3.05, 3.63) is 82.5 Å². The van der Waals surface area contributed by atoms with Gasteiger partial charge in [-0.05, 0) is 24.1 Å². The standard InChI is InChI=1S/C18H16ClN3O2/c1-12(13-7-3-2-4-8-13)20-17(23)18-22-21-16(24-18)11-14-9-5-6-10-15(14)19/h2-10,12H,11H2,1H3,(H,20,23). The number of carbonyl (C=O) groups excluding carboxylic acids is 1. The zero-order valence-electron chi connectivity index (χ0n) is 13.1. The summed E-state index contributed by atoms with van der Waals surface area (Å²) in [5.74, 6) is -0.107. The first-order valence-corrected chi connectivity index (χ1v) is 7.93. The number of halogens is 1. The molecule has 1 heterocycles. The van der Waals surface area contributed by atoms with Crippen LogP contribution in [0.15, 0.2) is 59.0 Å². The second-order valence-corrected chi connectivity index (χ2v) is 5.78. The molecule has 122 valence electrons. The Hall–Kier alpha value is -2.66. The fourth-order valence-electron chi connectivity index (χ4n) is 2.30. The van der Waals surface area contributed by atoms with Gasteiger partial charge in [-0.25, -0.2) is 0 Å². The predicted octanol–water partition coefficient (Wildman–Crippen LogP) is 3.80. The fraction of sp³-hybridized carbons (Fsp3) is 0.167. The maximum atomic E-state index is 12.2. The zero-order chi connectivity index (χ0) is 16.9. The molecule has 5 nitrogen and oxygen atoms in total. The molecular weight excluding hydrogens is 326 g/mol. The van der Waals surface area contributed by atoms with Gasteiger partial charge in [0, 0.05) is 5.02 Å². The van der Waals surface area contributed by atoms with Crippen molar-refractivity contribution in [1.82, 2.24) is 15.5 Å². The molecule has 1 N–H and O–H groups in total. The van der Waals surface area contributed by atoms with E-state index in [2.05, 4.69) is 15.5 Å². The van der Waals surface area contributed by atoms with Gasteiger partial charge < -0.3 is 9.73 Å². The maximum absolute atomic E-state index is 12.2. The third kappa shape index (κ3) is 3.81. The van der Waals surface area contributed by atoms with E-state index in [1.165, 1.54) is 0 Å². The fourth-order valence-corrected chi connectivity index (χ4v) is 2.51. The first kappa shape index (κ1) is 16.2. The van der Waals surface area contributed by atoms with E-state index in [1.54, 1.807) is 6.07 Å². The van der Waals surface area contributed by atoms with Gasteiger partial charge in [-0.15, -0.1) is 10.2 Å². The highest BCUT2D eigenvalue weighted by Crippen LogP contribution is 2.18. The van der Waals surface area contributed by atoms with Gasteiger partial charge in [0.05, 0.1) is 12.5 Å². The van der Waals surface area contributed by atoms with Gasteiger partial charge in [0.25, 0.3) is 0 Å². The van der Waals surface area contributed by atoms with Crippen LogP contribution < -0.4 is 5.32 Å². The molecule has 0 aliphatic carbocycles. The van der Waals surface area contributed by atoms with Crippen molar-refractivity contribution < 1.29 is 9.21 Å². The van der Waals surface area contributed by atoms with E-state index in [9.17, 15) is 4.79 Å². The molecule has 0 aliphatic heterocycles. The molecule has 24 heavy (non-hydrogen) atoms. The van der Waals surface area contributed by atoms with Crippen LogP contribution in [0.3, 0.4) is 0 Å². The number of nitrogens with zero attached hydrogens (tertiary/aromatic N) is 2. The molecule has 0 saturated heterocycles. The van der Waals surface area contributed by atoms with Crippen LogP contribution in [0.5, 0.6) is 0 Å². The lowest BCUT2D eigenvalue weighted by Gasteiger charge is -2.12. The van der Waals surface area contributed by atoms with Crippen LogP contribution >= 0.6 is 11.6 Å². The SMILES string of the molecule is CC(NC(=O)c1nnc(Cc2ccccc2Cl)o1)c1ccccc1. The van der Waals surface area contributed by atoms with Crippen LogP contribution in [0.1, 0.15) is 40.7 Å². The molecule has 6 heteroatoms. The Bertz CT molecular complexity index is 833. The third-order valence-electron chi connectivity index (χ3n) is 3.61. The van der Waals surface area contributed by atoms with Gasteiger partial charge in [0.1, 0.15) is 0 Å². The van der Waals surface area contributed by atoms with Crippen molar-refractivity contribution in [2.75, 3.05) is 0 Å². The lowest BCUT2D eigenvalue weighted by Crippen LogP contribution is -2.26. The third-order valence-corrected chi connectivity index (χ3v) is 3.98. The quantitative estimate of drug-likeness (QED) is 0.766. The normalized spacial score (nSPS) is 11.9. The summed E-state index contributed by atoms with van der Waals surface area (Å²) < 4.78 is 5.45. The molecule has 3 aromatic rings. The van der Waals surface area contributed by atoms with Crippen molar-refractivity contribution in [2.45, 2.75) is 19.4 Å². The van der Waals surface area contributed by atoms with Crippen LogP contribution in [0, 0.1) is 0 Å². The second kappa shape index (κ2) is 7.27. The van der Waals surface area contributed by atoms with E-state index in [0.29, 0.717) is 17.3 Å². The van der Waals surface area contributed by atoms with E-state index >= 15 is 0 Å². The van der Waals surface area contributed by atoms with Crippen molar-refractivity contribution in [2.24, 2.45) is 0 Å². The molecule has 3 rings (SSSR count). The Kier molecular flexibility index (Phi) is 4.91. The van der Waals surface area contributed by atoms with Gasteiger partial charge >= 0.3 is 11.8 Å². The van der Waals surface area contributed by atoms with Crippen LogP contribution in [-0.2, 0) is 6.42 Å². The first-order valence-electron chi connectivity index (χ1n) is 7.55. The van der Waals surface area contributed by atoms with E-state index in [4.69, 9.17) is 16.0 Å². The molecule has 1 atom stereocenters. The number of benzene rings is 2. The molecular formula is C18H16ClN3O2. The second-order valence-electron chi connectivity index (χ2n) is 5.37. The summed E-state index contributed by atoms with van der Waals surface area (Å²) in [6.07, 6.45) is 0.383. The summed E-state index contributed by atoms with van der Waals surface area (Å²) in [6, 6.07) is 16.9. The molecule has 0 radical (unpaired) electrons. The van der Waals surface area contributed by atoms with E-state index in [0.717, 1.165) is 11.1 Å². The topological polar surface area (TPSA) is 68.0 Å². The molecule has 1 amide bonds. The predicted molar refractivity (Wildman–Crippen MR) is 90.9 cm³/mol. The summed E-state index contributed by atoms with van der Waals surface area (Å²) >= 11 is 6.11. The number of aromatic nitrogens is 2. The first-order chi connectivity index (χ1) is 11.6. The molecule has 0 fully saturated rings. The number of amides is 1. The smallest absolute Gasteiger partial charge is 0.309 e. The number of hydrogen-bond acceptors (Lipinski definition) is 4. The minimum absolute atomic E-state index is 0.0557. The number of nitrogens with one attached hydrogen (secondary N) is 1. The Morgan fingerprint density at radius 3 is 2.58 bits per heavy atom. The van der Waals surface area contributed by atoms with Crippen molar-refractivity contribution in [3.63, 3.8) is 0 Å². The maximum Gasteiger partial charge on any atom is 0.309 e. The van der Waals surface area contributed by atoms with Gasteiger partial charge in [-0.3, -0.25) is 4.79 Å². The molecule has 0 saturated carbocycles. The number of rotatable bonds is 5. The molecule has 0 bridgehead atoms. The largest absolute Gasteiger partial charge is 0.417 e. The van der Waals surface area contributed by atoms with Gasteiger partial charge in [0.15, 0.2) is 0 Å². The zero-order valence-corrected chi connectivity index (χ0v) is 13.8. The summed E-state index contributed by atoms with van der Waals surface area (Å²) in [5, 5.41) is 11.2. The van der Waals surface area contributed by atoms with Crippen molar-refractivity contribution >= 4 is 17.5 Å². The van der Waals surface area contributed by atoms with Crippen LogP contribution in [0.25, 0.3) is 0 Å². The lowest BCUT2D eigenvalue weighted by atomic mass is 10.1. The average molecular weight is 342 g/mol. The van der Waals surface area contributed by atoms with Gasteiger partial charge in [-0.1, -0.05) is 60.1 Å². The monoisotopic (exact) mass is 341 g/mol. The van der Waals surface area contributed by atoms with Crippen LogP contribution in [0.2, 0.25) is 5.02 Å². The number of hydrogen-bond donors (Lipinski definition) is 1. The van der Waals surface area contributed by atoms with Gasteiger partial charge in [-0.2, -0.15) is 0 Å². The van der Waals surface area contributed by atoms with E-state index < -0.39 is 5.91 Å². The summed E-state index contributed by atoms with van der Waals surface area (Å²) in [7, 11) is 0. The highest BCUT2D eigenvalue weighted by Gasteiger charge is 2.18. The molecule has 1 unspecified atom stereocenters. The molecule has 0 aliphatic rings.